The zero-order valence-corrected chi connectivity index (χ0v) is 13.9. The summed E-state index contributed by atoms with van der Waals surface area (Å²) in [6, 6.07) is 1.81. The smallest absolute Gasteiger partial charge is 0.323 e. The maximum atomic E-state index is 12.4. The van der Waals surface area contributed by atoms with Crippen LogP contribution in [0.25, 0.3) is 0 Å². The molecule has 1 atom stereocenters. The number of ether oxygens (including phenoxy) is 1. The number of aryl methyl sites for hydroxylation is 1. The van der Waals surface area contributed by atoms with Gasteiger partial charge in [0.25, 0.3) is 0 Å². The third-order valence-corrected chi connectivity index (χ3v) is 3.97. The van der Waals surface area contributed by atoms with Crippen LogP contribution in [0, 0.1) is 6.92 Å². The quantitative estimate of drug-likeness (QED) is 0.800. The molecule has 1 fully saturated rings. The number of furan rings is 1. The topological polar surface area (TPSA) is 100 Å². The fourth-order valence-corrected chi connectivity index (χ4v) is 2.60. The number of carbonyl (C=O) groups is 3. The lowest BCUT2D eigenvalue weighted by atomic mass is 10.2. The van der Waals surface area contributed by atoms with Gasteiger partial charge in [-0.1, -0.05) is 0 Å². The van der Waals surface area contributed by atoms with Crippen molar-refractivity contribution in [2.75, 3.05) is 32.8 Å². The fourth-order valence-electron chi connectivity index (χ4n) is 2.60. The second-order valence-corrected chi connectivity index (χ2v) is 5.83. The van der Waals surface area contributed by atoms with Gasteiger partial charge in [0.2, 0.25) is 11.8 Å². The summed E-state index contributed by atoms with van der Waals surface area (Å²) in [5.74, 6) is -0.855. The number of hydrogen-bond acceptors (Lipinski definition) is 5. The number of nitrogens with zero attached hydrogens (tertiary/aromatic N) is 2. The first-order chi connectivity index (χ1) is 11.4. The van der Waals surface area contributed by atoms with E-state index >= 15 is 0 Å². The fraction of sp³-hybridized carbons (Fsp3) is 0.562. The number of carboxylic acids is 1. The van der Waals surface area contributed by atoms with E-state index in [0.29, 0.717) is 25.5 Å². The van der Waals surface area contributed by atoms with E-state index in [4.69, 9.17) is 14.3 Å². The van der Waals surface area contributed by atoms with Crippen LogP contribution in [0.15, 0.2) is 16.7 Å². The highest BCUT2D eigenvalue weighted by molar-refractivity contribution is 5.80. The molecule has 0 aromatic carbocycles. The summed E-state index contributed by atoms with van der Waals surface area (Å²) in [5.41, 5.74) is 0.928. The molecular weight excluding hydrogens is 316 g/mol. The summed E-state index contributed by atoms with van der Waals surface area (Å²) < 4.78 is 10.9. The highest BCUT2D eigenvalue weighted by atomic mass is 16.5. The number of aliphatic carboxylic acids is 1. The molecule has 24 heavy (non-hydrogen) atoms. The number of carbonyl (C=O) groups excluding carboxylic acids is 2. The van der Waals surface area contributed by atoms with Crippen LogP contribution in [0.3, 0.4) is 0 Å². The largest absolute Gasteiger partial charge is 0.480 e. The first kappa shape index (κ1) is 18.0. The van der Waals surface area contributed by atoms with E-state index in [2.05, 4.69) is 0 Å². The predicted molar refractivity (Wildman–Crippen MR) is 83.4 cm³/mol. The summed E-state index contributed by atoms with van der Waals surface area (Å²) >= 11 is 0. The lowest BCUT2D eigenvalue weighted by Gasteiger charge is -2.35. The van der Waals surface area contributed by atoms with Crippen LogP contribution in [0.5, 0.6) is 0 Å². The normalized spacial score (nSPS) is 17.6. The molecule has 1 aliphatic rings. The lowest BCUT2D eigenvalue weighted by Crippen LogP contribution is -2.51. The molecule has 0 aliphatic carbocycles. The molecule has 1 aromatic heterocycles. The molecule has 2 amide bonds. The molecule has 2 rings (SSSR count). The minimum absolute atomic E-state index is 0.0750. The Kier molecular flexibility index (Phi) is 5.97. The molecule has 132 valence electrons. The Morgan fingerprint density at radius 1 is 1.42 bits per heavy atom. The number of carboxylic acid groups (broad SMARTS) is 1. The standard InChI is InChI=1S/C16H22N2O6/c1-11-3-5-24-14(11)7-15(20)17-4-6-23-13(8-17)9-18(12(2)19)10-16(21)22/h3,5,13H,4,6-10H2,1-2H3,(H,21,22). The van der Waals surface area contributed by atoms with E-state index in [-0.39, 0.29) is 31.3 Å². The maximum absolute atomic E-state index is 12.4. The molecular formula is C16H22N2O6. The third kappa shape index (κ3) is 4.82. The predicted octanol–water partition coefficient (Wildman–Crippen LogP) is 0.291. The van der Waals surface area contributed by atoms with Gasteiger partial charge in [-0.15, -0.1) is 0 Å². The highest BCUT2D eigenvalue weighted by Gasteiger charge is 2.28. The van der Waals surface area contributed by atoms with Crippen LogP contribution in [0.2, 0.25) is 0 Å². The van der Waals surface area contributed by atoms with Gasteiger partial charge in [-0.3, -0.25) is 14.4 Å². The van der Waals surface area contributed by atoms with Crippen molar-refractivity contribution in [3.63, 3.8) is 0 Å². The highest BCUT2D eigenvalue weighted by Crippen LogP contribution is 2.13. The zero-order valence-electron chi connectivity index (χ0n) is 13.9. The van der Waals surface area contributed by atoms with E-state index in [1.807, 2.05) is 6.92 Å². The van der Waals surface area contributed by atoms with E-state index in [9.17, 15) is 14.4 Å². The first-order valence-corrected chi connectivity index (χ1v) is 7.76. The van der Waals surface area contributed by atoms with Crippen molar-refractivity contribution in [2.45, 2.75) is 26.4 Å². The summed E-state index contributed by atoms with van der Waals surface area (Å²) in [4.78, 5) is 37.6. The Morgan fingerprint density at radius 2 is 2.17 bits per heavy atom. The second kappa shape index (κ2) is 7.96. The van der Waals surface area contributed by atoms with Gasteiger partial charge in [0.15, 0.2) is 0 Å². The molecule has 0 spiro atoms. The van der Waals surface area contributed by atoms with Crippen LogP contribution < -0.4 is 0 Å². The molecule has 0 radical (unpaired) electrons. The maximum Gasteiger partial charge on any atom is 0.323 e. The Balaban J connectivity index is 1.93. The molecule has 0 bridgehead atoms. The van der Waals surface area contributed by atoms with Gasteiger partial charge in [-0.25, -0.2) is 0 Å². The molecule has 2 heterocycles. The van der Waals surface area contributed by atoms with Gasteiger partial charge < -0.3 is 24.1 Å². The SMILES string of the molecule is CC(=O)N(CC(=O)O)CC1CN(C(=O)Cc2occc2C)CCO1. The van der Waals surface area contributed by atoms with Crippen molar-refractivity contribution in [2.24, 2.45) is 0 Å². The molecule has 8 heteroatoms. The van der Waals surface area contributed by atoms with E-state index < -0.39 is 12.1 Å². The summed E-state index contributed by atoms with van der Waals surface area (Å²) in [6.45, 7) is 4.10. The Morgan fingerprint density at radius 3 is 2.75 bits per heavy atom. The third-order valence-electron chi connectivity index (χ3n) is 3.97. The van der Waals surface area contributed by atoms with Gasteiger partial charge >= 0.3 is 5.97 Å². The summed E-state index contributed by atoms with van der Waals surface area (Å²) in [7, 11) is 0. The average Bonchev–Trinajstić information content (AvgIpc) is 2.91. The number of hydrogen-bond donors (Lipinski definition) is 1. The monoisotopic (exact) mass is 338 g/mol. The van der Waals surface area contributed by atoms with Crippen LogP contribution in [-0.2, 0) is 25.5 Å². The number of morpholine rings is 1. The Bertz CT molecular complexity index is 611. The van der Waals surface area contributed by atoms with Crippen molar-refractivity contribution in [1.82, 2.24) is 9.80 Å². The summed E-state index contributed by atoms with van der Waals surface area (Å²) in [5, 5.41) is 8.86. The van der Waals surface area contributed by atoms with Gasteiger partial charge in [0, 0.05) is 26.6 Å². The van der Waals surface area contributed by atoms with Crippen molar-refractivity contribution in [1.29, 1.82) is 0 Å². The van der Waals surface area contributed by atoms with Crippen LogP contribution in [0.4, 0.5) is 0 Å². The number of amides is 2. The van der Waals surface area contributed by atoms with Crippen molar-refractivity contribution >= 4 is 17.8 Å². The van der Waals surface area contributed by atoms with Gasteiger partial charge in [0.1, 0.15) is 12.3 Å². The van der Waals surface area contributed by atoms with Crippen LogP contribution in [0.1, 0.15) is 18.2 Å². The Labute approximate surface area is 140 Å². The molecule has 0 saturated carbocycles. The molecule has 1 saturated heterocycles. The molecule has 1 unspecified atom stereocenters. The average molecular weight is 338 g/mol. The second-order valence-electron chi connectivity index (χ2n) is 5.83. The molecule has 1 aliphatic heterocycles. The van der Waals surface area contributed by atoms with Crippen LogP contribution >= 0.6 is 0 Å². The van der Waals surface area contributed by atoms with Gasteiger partial charge in [-0.05, 0) is 18.6 Å². The van der Waals surface area contributed by atoms with E-state index in [0.717, 1.165) is 5.56 Å². The van der Waals surface area contributed by atoms with Crippen LogP contribution in [-0.4, -0.2) is 71.6 Å². The molecule has 1 N–H and O–H groups in total. The minimum Gasteiger partial charge on any atom is -0.480 e. The summed E-state index contributed by atoms with van der Waals surface area (Å²) in [6.07, 6.45) is 1.33. The van der Waals surface area contributed by atoms with E-state index in [1.54, 1.807) is 17.2 Å². The zero-order chi connectivity index (χ0) is 17.7. The molecule has 8 nitrogen and oxygen atoms in total. The van der Waals surface area contributed by atoms with E-state index in [1.165, 1.54) is 11.8 Å². The van der Waals surface area contributed by atoms with Crippen molar-refractivity contribution in [3.8, 4) is 0 Å². The number of rotatable bonds is 6. The van der Waals surface area contributed by atoms with Gasteiger partial charge in [-0.2, -0.15) is 0 Å². The first-order valence-electron chi connectivity index (χ1n) is 7.76. The molecule has 1 aromatic rings. The van der Waals surface area contributed by atoms with Crippen molar-refractivity contribution in [3.05, 3.63) is 23.7 Å². The lowest BCUT2D eigenvalue weighted by molar-refractivity contribution is -0.147. The van der Waals surface area contributed by atoms with Crippen molar-refractivity contribution < 1.29 is 28.6 Å². The van der Waals surface area contributed by atoms with Gasteiger partial charge in [0.05, 0.1) is 25.4 Å². The minimum atomic E-state index is -1.08. The Hall–Kier alpha value is -2.35.